The van der Waals surface area contributed by atoms with Crippen molar-refractivity contribution in [3.63, 3.8) is 0 Å². The largest absolute Gasteiger partial charge is 0.427 e. The number of hydrogen-bond donors (Lipinski definition) is 1. The highest BCUT2D eigenvalue weighted by molar-refractivity contribution is 6.47. The van der Waals surface area contributed by atoms with Crippen LogP contribution in [0.4, 0.5) is 0 Å². The molecule has 1 aromatic heterocycles. The third kappa shape index (κ3) is 4.15. The van der Waals surface area contributed by atoms with Crippen LogP contribution in [-0.2, 0) is 4.65 Å². The van der Waals surface area contributed by atoms with Gasteiger partial charge in [0.05, 0.1) is 16.7 Å². The summed E-state index contributed by atoms with van der Waals surface area (Å²) in [4.78, 5) is 0. The minimum atomic E-state index is -0.936. The first kappa shape index (κ1) is 22.5. The third-order valence-corrected chi connectivity index (χ3v) is 7.02. The Morgan fingerprint density at radius 1 is 0.765 bits per heavy atom. The lowest BCUT2D eigenvalue weighted by atomic mass is 9.81. The van der Waals surface area contributed by atoms with E-state index in [0.717, 1.165) is 16.7 Å². The van der Waals surface area contributed by atoms with Crippen molar-refractivity contribution in [2.45, 2.75) is 38.9 Å². The van der Waals surface area contributed by atoms with Gasteiger partial charge in [-0.15, -0.1) is 0 Å². The summed E-state index contributed by atoms with van der Waals surface area (Å²) in [5.41, 5.74) is 4.15. The smallest absolute Gasteiger partial charge is 0.309 e. The van der Waals surface area contributed by atoms with E-state index < -0.39 is 11.2 Å². The Balaban J connectivity index is 1.61. The van der Waals surface area contributed by atoms with Gasteiger partial charge in [-0.2, -0.15) is 0 Å². The summed E-state index contributed by atoms with van der Waals surface area (Å²) in [5, 5.41) is 14.1. The SMILES string of the molecule is CC(C)(O)C(C)(C)OBc1cccc(-c2cn(-c3ccccc3)c3cc4ccccc4cc23)c1. The van der Waals surface area contributed by atoms with Gasteiger partial charge in [0.2, 0.25) is 0 Å². The zero-order chi connectivity index (χ0) is 23.9. The summed E-state index contributed by atoms with van der Waals surface area (Å²) in [7, 11) is 0.436. The van der Waals surface area contributed by atoms with E-state index in [1.165, 1.54) is 27.2 Å². The van der Waals surface area contributed by atoms with E-state index in [9.17, 15) is 5.11 Å². The van der Waals surface area contributed by atoms with E-state index >= 15 is 0 Å². The molecule has 1 heterocycles. The molecule has 0 aliphatic rings. The molecule has 5 aromatic rings. The molecule has 5 rings (SSSR count). The quantitative estimate of drug-likeness (QED) is 0.324. The maximum absolute atomic E-state index is 10.4. The predicted molar refractivity (Wildman–Crippen MR) is 144 cm³/mol. The topological polar surface area (TPSA) is 34.4 Å². The second-order valence-corrected chi connectivity index (χ2v) is 10.0. The lowest BCUT2D eigenvalue weighted by molar-refractivity contribution is -0.0893. The van der Waals surface area contributed by atoms with E-state index in [2.05, 4.69) is 95.7 Å². The summed E-state index contributed by atoms with van der Waals surface area (Å²) >= 11 is 0. The molecule has 1 N–H and O–H groups in total. The van der Waals surface area contributed by atoms with Crippen molar-refractivity contribution in [2.24, 2.45) is 0 Å². The van der Waals surface area contributed by atoms with Crippen molar-refractivity contribution in [3.05, 3.63) is 97.2 Å². The molecule has 0 radical (unpaired) electrons. The van der Waals surface area contributed by atoms with Crippen molar-refractivity contribution >= 4 is 34.6 Å². The lowest BCUT2D eigenvalue weighted by Crippen LogP contribution is -2.49. The average molecular weight is 447 g/mol. The van der Waals surface area contributed by atoms with Gasteiger partial charge >= 0.3 is 7.48 Å². The Hall–Kier alpha value is -3.34. The van der Waals surface area contributed by atoms with Gasteiger partial charge < -0.3 is 14.3 Å². The van der Waals surface area contributed by atoms with Gasteiger partial charge in [0.1, 0.15) is 0 Å². The zero-order valence-corrected chi connectivity index (χ0v) is 20.2. The molecule has 0 aliphatic heterocycles. The van der Waals surface area contributed by atoms with Crippen LogP contribution in [0.1, 0.15) is 27.7 Å². The summed E-state index contributed by atoms with van der Waals surface area (Å²) in [5.74, 6) is 0. The molecule has 4 aromatic carbocycles. The minimum absolute atomic E-state index is 0.436. The Labute approximate surface area is 201 Å². The molecule has 170 valence electrons. The van der Waals surface area contributed by atoms with Gasteiger partial charge in [-0.25, -0.2) is 0 Å². The predicted octanol–water partition coefficient (Wildman–Crippen LogP) is 5.99. The summed E-state index contributed by atoms with van der Waals surface area (Å²) in [6.45, 7) is 7.42. The molecule has 0 saturated heterocycles. The van der Waals surface area contributed by atoms with Crippen LogP contribution in [0.3, 0.4) is 0 Å². The molecule has 0 unspecified atom stereocenters. The maximum Gasteiger partial charge on any atom is 0.309 e. The van der Waals surface area contributed by atoms with Gasteiger partial charge in [-0.05, 0) is 68.3 Å². The Bertz CT molecular complexity index is 1460. The fourth-order valence-corrected chi connectivity index (χ4v) is 4.21. The fraction of sp³-hybridized carbons (Fsp3) is 0.200. The van der Waals surface area contributed by atoms with Crippen molar-refractivity contribution in [2.75, 3.05) is 0 Å². The normalized spacial score (nSPS) is 12.4. The van der Waals surface area contributed by atoms with Crippen molar-refractivity contribution in [3.8, 4) is 16.8 Å². The maximum atomic E-state index is 10.4. The molecule has 0 bridgehead atoms. The molecule has 0 atom stereocenters. The van der Waals surface area contributed by atoms with Crippen LogP contribution in [0.15, 0.2) is 97.2 Å². The first-order chi connectivity index (χ1) is 16.2. The molecular weight excluding hydrogens is 417 g/mol. The standard InChI is InChI=1S/C30H30BNO2/c1-29(2,33)30(3,4)34-31-24-14-10-13-23(17-24)27-20-32(25-15-6-5-7-16-25)28-19-22-12-9-8-11-21(22)18-26(27)28/h5-20,31,33H,1-4H3. The average Bonchev–Trinajstić information content (AvgIpc) is 3.20. The van der Waals surface area contributed by atoms with E-state index in [1.54, 1.807) is 13.8 Å². The number of para-hydroxylation sites is 1. The van der Waals surface area contributed by atoms with Crippen LogP contribution >= 0.6 is 0 Å². The number of nitrogens with zero attached hydrogens (tertiary/aromatic N) is 1. The first-order valence-corrected chi connectivity index (χ1v) is 11.8. The zero-order valence-electron chi connectivity index (χ0n) is 20.2. The summed E-state index contributed by atoms with van der Waals surface area (Å²) in [6, 6.07) is 32.1. The van der Waals surface area contributed by atoms with Crippen LogP contribution in [0.5, 0.6) is 0 Å². The third-order valence-electron chi connectivity index (χ3n) is 7.02. The molecular formula is C30H30BNO2. The van der Waals surface area contributed by atoms with Gasteiger partial charge in [0.25, 0.3) is 0 Å². The van der Waals surface area contributed by atoms with E-state index in [1.807, 2.05) is 19.9 Å². The van der Waals surface area contributed by atoms with Gasteiger partial charge in [-0.1, -0.05) is 72.2 Å². The van der Waals surface area contributed by atoms with Gasteiger partial charge in [0.15, 0.2) is 0 Å². The second kappa shape index (κ2) is 8.46. The van der Waals surface area contributed by atoms with E-state index in [-0.39, 0.29) is 0 Å². The van der Waals surface area contributed by atoms with Crippen molar-refractivity contribution in [1.82, 2.24) is 4.57 Å². The highest BCUT2D eigenvalue weighted by Crippen LogP contribution is 2.35. The number of aliphatic hydroxyl groups is 1. The van der Waals surface area contributed by atoms with E-state index in [0.29, 0.717) is 7.48 Å². The molecule has 0 spiro atoms. The molecule has 0 aliphatic carbocycles. The minimum Gasteiger partial charge on any atom is -0.427 e. The van der Waals surface area contributed by atoms with Gasteiger partial charge in [-0.3, -0.25) is 0 Å². The van der Waals surface area contributed by atoms with Gasteiger partial charge in [0, 0.05) is 22.8 Å². The van der Waals surface area contributed by atoms with Crippen LogP contribution < -0.4 is 5.46 Å². The highest BCUT2D eigenvalue weighted by Gasteiger charge is 2.35. The fourth-order valence-electron chi connectivity index (χ4n) is 4.21. The number of rotatable bonds is 6. The number of fused-ring (bicyclic) bond motifs is 2. The van der Waals surface area contributed by atoms with Crippen LogP contribution in [0.2, 0.25) is 0 Å². The Morgan fingerprint density at radius 2 is 1.44 bits per heavy atom. The molecule has 34 heavy (non-hydrogen) atoms. The van der Waals surface area contributed by atoms with Crippen molar-refractivity contribution in [1.29, 1.82) is 0 Å². The summed E-state index contributed by atoms with van der Waals surface area (Å²) < 4.78 is 8.41. The molecule has 0 saturated carbocycles. The number of aromatic nitrogens is 1. The van der Waals surface area contributed by atoms with E-state index in [4.69, 9.17) is 4.65 Å². The summed E-state index contributed by atoms with van der Waals surface area (Å²) in [6.07, 6.45) is 2.24. The number of hydrogen-bond acceptors (Lipinski definition) is 2. The Morgan fingerprint density at radius 3 is 2.15 bits per heavy atom. The molecule has 0 fully saturated rings. The van der Waals surface area contributed by atoms with Crippen LogP contribution in [-0.4, -0.2) is 28.4 Å². The monoisotopic (exact) mass is 447 g/mol. The molecule has 0 amide bonds. The molecule has 4 heteroatoms. The highest BCUT2D eigenvalue weighted by atomic mass is 16.5. The Kier molecular flexibility index (Phi) is 5.59. The second-order valence-electron chi connectivity index (χ2n) is 10.0. The van der Waals surface area contributed by atoms with Crippen LogP contribution in [0, 0.1) is 0 Å². The molecule has 3 nitrogen and oxygen atoms in total. The van der Waals surface area contributed by atoms with Crippen LogP contribution in [0.25, 0.3) is 38.5 Å². The first-order valence-electron chi connectivity index (χ1n) is 11.8. The lowest BCUT2D eigenvalue weighted by Gasteiger charge is -2.37. The number of benzene rings is 4. The van der Waals surface area contributed by atoms with Crippen molar-refractivity contribution < 1.29 is 9.76 Å².